The van der Waals surface area contributed by atoms with E-state index in [-0.39, 0.29) is 11.6 Å². The maximum atomic E-state index is 11.9. The van der Waals surface area contributed by atoms with Gasteiger partial charge in [-0.25, -0.2) is 4.79 Å². The fourth-order valence-corrected chi connectivity index (χ4v) is 2.57. The van der Waals surface area contributed by atoms with Crippen LogP contribution in [-0.2, 0) is 11.3 Å². The van der Waals surface area contributed by atoms with Gasteiger partial charge in [0.05, 0.1) is 23.6 Å². The third-order valence-electron chi connectivity index (χ3n) is 3.34. The molecule has 2 aromatic heterocycles. The van der Waals surface area contributed by atoms with Crippen LogP contribution in [0.3, 0.4) is 0 Å². The van der Waals surface area contributed by atoms with Crippen LogP contribution >= 0.6 is 0 Å². The predicted octanol–water partition coefficient (Wildman–Crippen LogP) is 1.98. The molecule has 1 aliphatic rings. The van der Waals surface area contributed by atoms with Crippen molar-refractivity contribution < 1.29 is 9.53 Å². The summed E-state index contributed by atoms with van der Waals surface area (Å²) in [5.41, 5.74) is 1.78. The van der Waals surface area contributed by atoms with Crippen molar-refractivity contribution in [2.75, 3.05) is 0 Å². The number of carbonyl (C=O) groups excluding carboxylic acids is 1. The highest BCUT2D eigenvalue weighted by Gasteiger charge is 2.28. The molecule has 0 aliphatic carbocycles. The summed E-state index contributed by atoms with van der Waals surface area (Å²) in [7, 11) is 0. The van der Waals surface area contributed by atoms with Gasteiger partial charge in [-0.2, -0.15) is 0 Å². The highest BCUT2D eigenvalue weighted by Crippen LogP contribution is 2.29. The minimum Gasteiger partial charge on any atom is -0.444 e. The Bertz CT molecular complexity index is 774. The maximum Gasteiger partial charge on any atom is 0.408 e. The molecule has 6 heteroatoms. The van der Waals surface area contributed by atoms with Gasteiger partial charge >= 0.3 is 6.09 Å². The van der Waals surface area contributed by atoms with Crippen LogP contribution in [0.5, 0.6) is 0 Å². The molecule has 2 aromatic rings. The van der Waals surface area contributed by atoms with Crippen molar-refractivity contribution >= 4 is 17.1 Å². The van der Waals surface area contributed by atoms with Crippen molar-refractivity contribution in [3.63, 3.8) is 0 Å². The van der Waals surface area contributed by atoms with Crippen molar-refractivity contribution in [2.45, 2.75) is 39.0 Å². The molecule has 0 saturated heterocycles. The number of alkyl carbamates (subject to hydrolysis) is 1. The van der Waals surface area contributed by atoms with Crippen LogP contribution < -0.4 is 10.9 Å². The zero-order valence-corrected chi connectivity index (χ0v) is 12.2. The number of hydrogen-bond donors (Lipinski definition) is 1. The second-order valence-electron chi connectivity index (χ2n) is 6.12. The lowest BCUT2D eigenvalue weighted by molar-refractivity contribution is 0.0501. The molecule has 0 saturated carbocycles. The highest BCUT2D eigenvalue weighted by molar-refractivity contribution is 5.81. The molecule has 1 atom stereocenters. The topological polar surface area (TPSA) is 73.2 Å². The van der Waals surface area contributed by atoms with Crippen molar-refractivity contribution in [2.24, 2.45) is 0 Å². The fourth-order valence-electron chi connectivity index (χ4n) is 2.57. The molecule has 21 heavy (non-hydrogen) atoms. The Morgan fingerprint density at radius 3 is 2.86 bits per heavy atom. The molecule has 6 nitrogen and oxygen atoms in total. The van der Waals surface area contributed by atoms with Gasteiger partial charge in [0, 0.05) is 17.8 Å². The monoisotopic (exact) mass is 287 g/mol. The third-order valence-corrected chi connectivity index (χ3v) is 3.34. The first-order chi connectivity index (χ1) is 9.85. The Balaban J connectivity index is 1.93. The van der Waals surface area contributed by atoms with E-state index in [0.717, 1.165) is 16.6 Å². The van der Waals surface area contributed by atoms with E-state index in [1.54, 1.807) is 16.8 Å². The summed E-state index contributed by atoms with van der Waals surface area (Å²) >= 11 is 0. The van der Waals surface area contributed by atoms with E-state index >= 15 is 0 Å². The number of aromatic nitrogens is 2. The number of amides is 1. The second kappa shape index (κ2) is 4.58. The van der Waals surface area contributed by atoms with Crippen LogP contribution in [0.4, 0.5) is 4.79 Å². The van der Waals surface area contributed by atoms with Gasteiger partial charge in [-0.1, -0.05) is 0 Å². The largest absolute Gasteiger partial charge is 0.444 e. The summed E-state index contributed by atoms with van der Waals surface area (Å²) in [6, 6.07) is 4.75. The number of pyridine rings is 2. The van der Waals surface area contributed by atoms with Crippen LogP contribution in [-0.4, -0.2) is 21.2 Å². The summed E-state index contributed by atoms with van der Waals surface area (Å²) in [6.07, 6.45) is 1.19. The standard InChI is InChI=1S/C15H17N3O3/c1-15(2,3)21-14(20)17-11-8-18-12(19)5-4-10-13(18)9(11)6-7-16-10/h4-7,11H,8H2,1-3H3,(H,17,20)/t11-/m0/s1. The minimum atomic E-state index is -0.556. The van der Waals surface area contributed by atoms with Gasteiger partial charge in [0.2, 0.25) is 0 Å². The van der Waals surface area contributed by atoms with Crippen molar-refractivity contribution in [3.8, 4) is 0 Å². The lowest BCUT2D eigenvalue weighted by Gasteiger charge is -2.21. The molecule has 1 aliphatic heterocycles. The van der Waals surface area contributed by atoms with Crippen molar-refractivity contribution in [3.05, 3.63) is 40.3 Å². The van der Waals surface area contributed by atoms with E-state index in [0.29, 0.717) is 6.54 Å². The fraction of sp³-hybridized carbons (Fsp3) is 0.400. The number of nitrogens with zero attached hydrogens (tertiary/aromatic N) is 2. The number of rotatable bonds is 1. The summed E-state index contributed by atoms with van der Waals surface area (Å²) in [6.45, 7) is 5.83. The average Bonchev–Trinajstić information content (AvgIpc) is 2.73. The van der Waals surface area contributed by atoms with Gasteiger partial charge in [-0.3, -0.25) is 9.78 Å². The Hall–Kier alpha value is -2.37. The maximum absolute atomic E-state index is 11.9. The van der Waals surface area contributed by atoms with Gasteiger partial charge < -0.3 is 14.6 Å². The molecule has 0 radical (unpaired) electrons. The second-order valence-corrected chi connectivity index (χ2v) is 6.12. The van der Waals surface area contributed by atoms with Crippen LogP contribution in [0, 0.1) is 0 Å². The van der Waals surface area contributed by atoms with Crippen LogP contribution in [0.25, 0.3) is 11.0 Å². The first-order valence-corrected chi connectivity index (χ1v) is 6.83. The molecule has 110 valence electrons. The first kappa shape index (κ1) is 13.6. The Kier molecular flexibility index (Phi) is 2.97. The SMILES string of the molecule is CC(C)(C)OC(=O)N[C@H]1Cn2c(=O)ccc3nccc1c32. The van der Waals surface area contributed by atoms with Gasteiger partial charge in [0.15, 0.2) is 0 Å². The van der Waals surface area contributed by atoms with Crippen molar-refractivity contribution in [1.82, 2.24) is 14.9 Å². The van der Waals surface area contributed by atoms with Crippen LogP contribution in [0.2, 0.25) is 0 Å². The van der Waals surface area contributed by atoms with E-state index in [1.807, 2.05) is 26.8 Å². The molecule has 0 aromatic carbocycles. The van der Waals surface area contributed by atoms with Gasteiger partial charge in [0.1, 0.15) is 5.60 Å². The molecular formula is C15H17N3O3. The van der Waals surface area contributed by atoms with E-state index in [2.05, 4.69) is 10.3 Å². The Morgan fingerprint density at radius 1 is 1.38 bits per heavy atom. The number of nitrogens with one attached hydrogen (secondary N) is 1. The van der Waals surface area contributed by atoms with Crippen LogP contribution in [0.1, 0.15) is 32.4 Å². The third kappa shape index (κ3) is 2.49. The number of hydrogen-bond acceptors (Lipinski definition) is 4. The zero-order chi connectivity index (χ0) is 15.2. The summed E-state index contributed by atoms with van der Waals surface area (Å²) in [5, 5.41) is 2.82. The molecular weight excluding hydrogens is 270 g/mol. The molecule has 1 N–H and O–H groups in total. The predicted molar refractivity (Wildman–Crippen MR) is 78.1 cm³/mol. The lowest BCUT2D eigenvalue weighted by atomic mass is 10.1. The van der Waals surface area contributed by atoms with E-state index < -0.39 is 11.7 Å². The lowest BCUT2D eigenvalue weighted by Crippen LogP contribution is -2.35. The molecule has 0 fully saturated rings. The smallest absolute Gasteiger partial charge is 0.408 e. The van der Waals surface area contributed by atoms with Gasteiger partial charge in [-0.05, 0) is 32.9 Å². The molecule has 0 spiro atoms. The molecule has 3 rings (SSSR count). The Morgan fingerprint density at radius 2 is 2.14 bits per heavy atom. The summed E-state index contributed by atoms with van der Waals surface area (Å²) in [4.78, 5) is 28.1. The number of ether oxygens (including phenoxy) is 1. The average molecular weight is 287 g/mol. The van der Waals surface area contributed by atoms with Gasteiger partial charge in [0.25, 0.3) is 5.56 Å². The Labute approximate surface area is 121 Å². The molecule has 0 unspecified atom stereocenters. The van der Waals surface area contributed by atoms with E-state index in [4.69, 9.17) is 4.74 Å². The summed E-state index contributed by atoms with van der Waals surface area (Å²) in [5.74, 6) is 0. The zero-order valence-electron chi connectivity index (χ0n) is 12.2. The molecule has 3 heterocycles. The van der Waals surface area contributed by atoms with Gasteiger partial charge in [-0.15, -0.1) is 0 Å². The van der Waals surface area contributed by atoms with Crippen LogP contribution in [0.15, 0.2) is 29.2 Å². The van der Waals surface area contributed by atoms with E-state index in [1.165, 1.54) is 6.07 Å². The molecule has 1 amide bonds. The van der Waals surface area contributed by atoms with E-state index in [9.17, 15) is 9.59 Å². The first-order valence-electron chi connectivity index (χ1n) is 6.83. The minimum absolute atomic E-state index is 0.0924. The quantitative estimate of drug-likeness (QED) is 0.870. The number of carbonyl (C=O) groups is 1. The molecule has 0 bridgehead atoms. The highest BCUT2D eigenvalue weighted by atomic mass is 16.6. The normalized spacial score (nSPS) is 17.0. The van der Waals surface area contributed by atoms with Crippen molar-refractivity contribution in [1.29, 1.82) is 0 Å². The summed E-state index contributed by atoms with van der Waals surface area (Å²) < 4.78 is 6.91.